The van der Waals surface area contributed by atoms with Gasteiger partial charge in [-0.2, -0.15) is 0 Å². The Balaban J connectivity index is 2.07. The second kappa shape index (κ2) is 13.1. The third-order valence-electron chi connectivity index (χ3n) is 5.48. The molecule has 1 saturated heterocycles. The quantitative estimate of drug-likeness (QED) is 0.478. The van der Waals surface area contributed by atoms with Gasteiger partial charge in [0.05, 0.1) is 19.3 Å². The number of ether oxygens (including phenoxy) is 2. The molecule has 1 rings (SSSR count). The van der Waals surface area contributed by atoms with Crippen LogP contribution in [0.5, 0.6) is 0 Å². The molecule has 1 unspecified atom stereocenters. The lowest BCUT2D eigenvalue weighted by Crippen LogP contribution is -2.47. The molecule has 4 nitrogen and oxygen atoms in total. The second-order valence-corrected chi connectivity index (χ2v) is 8.48. The van der Waals surface area contributed by atoms with Crippen molar-refractivity contribution in [3.63, 3.8) is 0 Å². The molecular weight excluding hydrogens is 312 g/mol. The van der Waals surface area contributed by atoms with E-state index in [0.29, 0.717) is 17.4 Å². The van der Waals surface area contributed by atoms with Crippen LogP contribution >= 0.6 is 0 Å². The first-order valence-electron chi connectivity index (χ1n) is 10.6. The van der Waals surface area contributed by atoms with E-state index in [9.17, 15) is 0 Å². The second-order valence-electron chi connectivity index (χ2n) is 8.48. The zero-order valence-corrected chi connectivity index (χ0v) is 17.6. The lowest BCUT2D eigenvalue weighted by atomic mass is 9.79. The Bertz CT molecular complexity index is 325. The highest BCUT2D eigenvalue weighted by Gasteiger charge is 2.21. The fraction of sp³-hybridized carbons (Fsp3) is 1.00. The van der Waals surface area contributed by atoms with Gasteiger partial charge < -0.3 is 14.8 Å². The lowest BCUT2D eigenvalue weighted by Gasteiger charge is -2.33. The van der Waals surface area contributed by atoms with Crippen molar-refractivity contribution in [1.82, 2.24) is 10.2 Å². The average Bonchev–Trinajstić information content (AvgIpc) is 2.58. The molecule has 1 aliphatic heterocycles. The van der Waals surface area contributed by atoms with Crippen LogP contribution in [0.15, 0.2) is 0 Å². The van der Waals surface area contributed by atoms with Crippen molar-refractivity contribution >= 4 is 0 Å². The van der Waals surface area contributed by atoms with Crippen LogP contribution in [0.1, 0.15) is 66.7 Å². The van der Waals surface area contributed by atoms with E-state index in [-0.39, 0.29) is 0 Å². The van der Waals surface area contributed by atoms with E-state index >= 15 is 0 Å². The monoisotopic (exact) mass is 356 g/mol. The Morgan fingerprint density at radius 2 is 2.04 bits per heavy atom. The summed E-state index contributed by atoms with van der Waals surface area (Å²) in [6, 6.07) is 0. The zero-order chi connectivity index (χ0) is 18.5. The standard InChI is InChI=1S/C21H44N2O2/c1-6-9-21(5,7-2)10-8-13-24-14-11-23-12-15-25-20(18-23)17-22-16-19(3)4/h19-20,22H,6-18H2,1-5H3/t20-,21?/m1/s1. The van der Waals surface area contributed by atoms with Gasteiger partial charge in [-0.1, -0.05) is 47.5 Å². The maximum Gasteiger partial charge on any atom is 0.0826 e. The SMILES string of the molecule is CCCC(C)(CC)CCCOCCN1CCO[C@H](CNCC(C)C)C1. The normalized spacial score (nSPS) is 21.6. The average molecular weight is 357 g/mol. The third-order valence-corrected chi connectivity index (χ3v) is 5.48. The summed E-state index contributed by atoms with van der Waals surface area (Å²) >= 11 is 0. The highest BCUT2D eigenvalue weighted by molar-refractivity contribution is 4.74. The fourth-order valence-corrected chi connectivity index (χ4v) is 3.62. The summed E-state index contributed by atoms with van der Waals surface area (Å²) in [6.45, 7) is 19.2. The largest absolute Gasteiger partial charge is 0.380 e. The smallest absolute Gasteiger partial charge is 0.0826 e. The molecule has 2 atom stereocenters. The van der Waals surface area contributed by atoms with E-state index in [0.717, 1.165) is 52.5 Å². The molecule has 0 aromatic heterocycles. The molecule has 0 aliphatic carbocycles. The summed E-state index contributed by atoms with van der Waals surface area (Å²) in [5.74, 6) is 0.694. The van der Waals surface area contributed by atoms with E-state index in [4.69, 9.17) is 9.47 Å². The Hall–Kier alpha value is -0.160. The summed E-state index contributed by atoms with van der Waals surface area (Å²) in [5.41, 5.74) is 0.512. The highest BCUT2D eigenvalue weighted by atomic mass is 16.5. The molecule has 0 amide bonds. The number of hydrogen-bond acceptors (Lipinski definition) is 4. The van der Waals surface area contributed by atoms with Crippen molar-refractivity contribution < 1.29 is 9.47 Å². The summed E-state index contributed by atoms with van der Waals surface area (Å²) in [4.78, 5) is 2.48. The van der Waals surface area contributed by atoms with Crippen molar-refractivity contribution in [1.29, 1.82) is 0 Å². The molecule has 150 valence electrons. The molecule has 1 N–H and O–H groups in total. The van der Waals surface area contributed by atoms with Crippen molar-refractivity contribution in [2.75, 3.05) is 52.5 Å². The molecule has 0 aromatic rings. The molecule has 1 fully saturated rings. The molecule has 1 heterocycles. The number of nitrogens with one attached hydrogen (secondary N) is 1. The van der Waals surface area contributed by atoms with Gasteiger partial charge in [0.25, 0.3) is 0 Å². The molecule has 0 bridgehead atoms. The van der Waals surface area contributed by atoms with Crippen LogP contribution in [-0.2, 0) is 9.47 Å². The van der Waals surface area contributed by atoms with Crippen LogP contribution < -0.4 is 5.32 Å². The zero-order valence-electron chi connectivity index (χ0n) is 17.6. The minimum Gasteiger partial charge on any atom is -0.380 e. The van der Waals surface area contributed by atoms with Crippen LogP contribution in [-0.4, -0.2) is 63.5 Å². The van der Waals surface area contributed by atoms with E-state index in [1.165, 1.54) is 32.1 Å². The van der Waals surface area contributed by atoms with E-state index in [1.54, 1.807) is 0 Å². The molecular formula is C21H44N2O2. The Morgan fingerprint density at radius 3 is 2.72 bits per heavy atom. The van der Waals surface area contributed by atoms with Crippen molar-refractivity contribution in [3.05, 3.63) is 0 Å². The molecule has 25 heavy (non-hydrogen) atoms. The summed E-state index contributed by atoms with van der Waals surface area (Å²) in [6.07, 6.45) is 6.71. The first-order chi connectivity index (χ1) is 12.0. The molecule has 0 radical (unpaired) electrons. The van der Waals surface area contributed by atoms with Gasteiger partial charge in [0.1, 0.15) is 0 Å². The number of hydrogen-bond donors (Lipinski definition) is 1. The first kappa shape index (κ1) is 22.9. The summed E-state index contributed by atoms with van der Waals surface area (Å²) in [7, 11) is 0. The van der Waals surface area contributed by atoms with Crippen LogP contribution in [0.4, 0.5) is 0 Å². The lowest BCUT2D eigenvalue weighted by molar-refractivity contribution is -0.0353. The van der Waals surface area contributed by atoms with Gasteiger partial charge in [-0.05, 0) is 37.1 Å². The Kier molecular flexibility index (Phi) is 12.0. The van der Waals surface area contributed by atoms with Gasteiger partial charge in [0.2, 0.25) is 0 Å². The van der Waals surface area contributed by atoms with Crippen LogP contribution in [0, 0.1) is 11.3 Å². The van der Waals surface area contributed by atoms with E-state index < -0.39 is 0 Å². The van der Waals surface area contributed by atoms with E-state index in [2.05, 4.69) is 44.8 Å². The van der Waals surface area contributed by atoms with Crippen LogP contribution in [0.2, 0.25) is 0 Å². The summed E-state index contributed by atoms with van der Waals surface area (Å²) < 4.78 is 11.8. The van der Waals surface area contributed by atoms with Gasteiger partial charge in [0, 0.05) is 32.8 Å². The predicted molar refractivity (Wildman–Crippen MR) is 107 cm³/mol. The number of morpholine rings is 1. The number of rotatable bonds is 14. The van der Waals surface area contributed by atoms with Crippen molar-refractivity contribution in [2.45, 2.75) is 72.8 Å². The van der Waals surface area contributed by atoms with Gasteiger partial charge in [-0.25, -0.2) is 0 Å². The molecule has 0 spiro atoms. The van der Waals surface area contributed by atoms with E-state index in [1.807, 2.05) is 0 Å². The van der Waals surface area contributed by atoms with Crippen LogP contribution in [0.3, 0.4) is 0 Å². The van der Waals surface area contributed by atoms with Crippen molar-refractivity contribution in [2.24, 2.45) is 11.3 Å². The van der Waals surface area contributed by atoms with Crippen molar-refractivity contribution in [3.8, 4) is 0 Å². The third kappa shape index (κ3) is 10.5. The van der Waals surface area contributed by atoms with Gasteiger partial charge >= 0.3 is 0 Å². The first-order valence-corrected chi connectivity index (χ1v) is 10.6. The van der Waals surface area contributed by atoms with Crippen LogP contribution in [0.25, 0.3) is 0 Å². The molecule has 4 heteroatoms. The molecule has 0 saturated carbocycles. The maximum absolute atomic E-state index is 5.90. The minimum absolute atomic E-state index is 0.326. The predicted octanol–water partition coefficient (Wildman–Crippen LogP) is 3.95. The van der Waals surface area contributed by atoms with Gasteiger partial charge in [-0.3, -0.25) is 4.90 Å². The molecule has 0 aromatic carbocycles. The number of nitrogens with zero attached hydrogens (tertiary/aromatic N) is 1. The highest BCUT2D eigenvalue weighted by Crippen LogP contribution is 2.32. The summed E-state index contributed by atoms with van der Waals surface area (Å²) in [5, 5.41) is 3.51. The topological polar surface area (TPSA) is 33.7 Å². The minimum atomic E-state index is 0.326. The fourth-order valence-electron chi connectivity index (χ4n) is 3.62. The Morgan fingerprint density at radius 1 is 1.24 bits per heavy atom. The molecule has 1 aliphatic rings. The van der Waals surface area contributed by atoms with Gasteiger partial charge in [0.15, 0.2) is 0 Å². The maximum atomic E-state index is 5.90. The van der Waals surface area contributed by atoms with Gasteiger partial charge in [-0.15, -0.1) is 0 Å². The Labute approximate surface area is 157 Å².